The maximum atomic E-state index is 5.70. The minimum atomic E-state index is 0.418. The summed E-state index contributed by atoms with van der Waals surface area (Å²) >= 11 is 0. The van der Waals surface area contributed by atoms with Gasteiger partial charge in [-0.25, -0.2) is 4.98 Å². The van der Waals surface area contributed by atoms with Gasteiger partial charge in [-0.1, -0.05) is 23.8 Å². The van der Waals surface area contributed by atoms with E-state index in [2.05, 4.69) is 35.8 Å². The van der Waals surface area contributed by atoms with E-state index in [1.54, 1.807) is 14.2 Å². The predicted octanol–water partition coefficient (Wildman–Crippen LogP) is 4.39. The summed E-state index contributed by atoms with van der Waals surface area (Å²) in [5.41, 5.74) is 3.27. The molecule has 4 rings (SSSR count). The van der Waals surface area contributed by atoms with Gasteiger partial charge in [-0.2, -0.15) is 0 Å². The van der Waals surface area contributed by atoms with E-state index in [0.29, 0.717) is 6.04 Å². The first-order valence-electron chi connectivity index (χ1n) is 9.79. The van der Waals surface area contributed by atoms with Gasteiger partial charge in [-0.05, 0) is 56.4 Å². The van der Waals surface area contributed by atoms with E-state index < -0.39 is 0 Å². The molecule has 0 amide bonds. The number of piperidine rings is 1. The van der Waals surface area contributed by atoms with E-state index in [9.17, 15) is 0 Å². The number of nitrogens with one attached hydrogen (secondary N) is 2. The van der Waals surface area contributed by atoms with Crippen LogP contribution in [-0.2, 0) is 0 Å². The van der Waals surface area contributed by atoms with Crippen LogP contribution in [0.15, 0.2) is 42.6 Å². The summed E-state index contributed by atoms with van der Waals surface area (Å²) < 4.78 is 11.3. The Balaban J connectivity index is 1.88. The van der Waals surface area contributed by atoms with Crippen molar-refractivity contribution >= 4 is 16.6 Å². The van der Waals surface area contributed by atoms with Crippen LogP contribution in [0, 0.1) is 6.92 Å². The SMILES string of the molecule is COc1ccc(C)cc1-c1cnc(NC2CCNCC2)c2c(OC)cccc12. The van der Waals surface area contributed by atoms with Crippen molar-refractivity contribution in [1.29, 1.82) is 0 Å². The zero-order valence-corrected chi connectivity index (χ0v) is 16.7. The molecule has 146 valence electrons. The smallest absolute Gasteiger partial charge is 0.137 e. The summed E-state index contributed by atoms with van der Waals surface area (Å²) in [5, 5.41) is 9.19. The normalized spacial score (nSPS) is 14.8. The van der Waals surface area contributed by atoms with Crippen LogP contribution in [0.1, 0.15) is 18.4 Å². The highest BCUT2D eigenvalue weighted by molar-refractivity contribution is 6.06. The molecular formula is C23H27N3O2. The molecule has 1 aliphatic heterocycles. The molecule has 0 spiro atoms. The first kappa shape index (κ1) is 18.6. The third-order valence-electron chi connectivity index (χ3n) is 5.42. The van der Waals surface area contributed by atoms with E-state index in [1.807, 2.05) is 24.4 Å². The number of hydrogen-bond acceptors (Lipinski definition) is 5. The molecule has 0 bridgehead atoms. The lowest BCUT2D eigenvalue weighted by molar-refractivity contribution is 0.416. The molecule has 0 saturated carbocycles. The molecule has 2 N–H and O–H groups in total. The number of aromatic nitrogens is 1. The molecule has 0 atom stereocenters. The quantitative estimate of drug-likeness (QED) is 0.691. The zero-order chi connectivity index (χ0) is 19.5. The Bertz CT molecular complexity index is 981. The van der Waals surface area contributed by atoms with Crippen molar-refractivity contribution in [3.8, 4) is 22.6 Å². The van der Waals surface area contributed by atoms with Crippen molar-refractivity contribution in [3.05, 3.63) is 48.2 Å². The van der Waals surface area contributed by atoms with Gasteiger partial charge >= 0.3 is 0 Å². The van der Waals surface area contributed by atoms with E-state index in [-0.39, 0.29) is 0 Å². The second-order valence-electron chi connectivity index (χ2n) is 7.28. The van der Waals surface area contributed by atoms with Crippen LogP contribution in [0.5, 0.6) is 11.5 Å². The Morgan fingerprint density at radius 3 is 2.54 bits per heavy atom. The number of methoxy groups -OCH3 is 2. The topological polar surface area (TPSA) is 55.4 Å². The molecule has 1 aromatic heterocycles. The first-order chi connectivity index (χ1) is 13.7. The largest absolute Gasteiger partial charge is 0.496 e. The van der Waals surface area contributed by atoms with Crippen molar-refractivity contribution < 1.29 is 9.47 Å². The molecule has 1 saturated heterocycles. The number of anilines is 1. The number of nitrogens with zero attached hydrogens (tertiary/aromatic N) is 1. The van der Waals surface area contributed by atoms with E-state index in [1.165, 1.54) is 5.56 Å². The van der Waals surface area contributed by atoms with Gasteiger partial charge < -0.3 is 20.1 Å². The van der Waals surface area contributed by atoms with Crippen LogP contribution in [0.4, 0.5) is 5.82 Å². The number of fused-ring (bicyclic) bond motifs is 1. The van der Waals surface area contributed by atoms with Gasteiger partial charge in [-0.15, -0.1) is 0 Å². The minimum absolute atomic E-state index is 0.418. The molecule has 28 heavy (non-hydrogen) atoms. The summed E-state index contributed by atoms with van der Waals surface area (Å²) in [6.07, 6.45) is 4.13. The van der Waals surface area contributed by atoms with Gasteiger partial charge in [-0.3, -0.25) is 0 Å². The molecule has 2 heterocycles. The average molecular weight is 377 g/mol. The van der Waals surface area contributed by atoms with Crippen molar-refractivity contribution in [1.82, 2.24) is 10.3 Å². The number of ether oxygens (including phenoxy) is 2. The lowest BCUT2D eigenvalue weighted by Crippen LogP contribution is -2.35. The van der Waals surface area contributed by atoms with Crippen LogP contribution in [0.25, 0.3) is 21.9 Å². The van der Waals surface area contributed by atoms with Gasteiger partial charge in [0.2, 0.25) is 0 Å². The fraction of sp³-hybridized carbons (Fsp3) is 0.348. The fourth-order valence-corrected chi connectivity index (χ4v) is 3.95. The molecule has 0 radical (unpaired) electrons. The Morgan fingerprint density at radius 2 is 1.79 bits per heavy atom. The highest BCUT2D eigenvalue weighted by atomic mass is 16.5. The summed E-state index contributed by atoms with van der Waals surface area (Å²) in [5.74, 6) is 2.56. The number of benzene rings is 2. The number of pyridine rings is 1. The molecule has 5 nitrogen and oxygen atoms in total. The summed E-state index contributed by atoms with van der Waals surface area (Å²) in [7, 11) is 3.42. The average Bonchev–Trinajstić information content (AvgIpc) is 2.74. The summed E-state index contributed by atoms with van der Waals surface area (Å²) in [6.45, 7) is 4.16. The van der Waals surface area contributed by atoms with Crippen molar-refractivity contribution in [3.63, 3.8) is 0 Å². The highest BCUT2D eigenvalue weighted by Crippen LogP contribution is 2.40. The first-order valence-corrected chi connectivity index (χ1v) is 9.79. The van der Waals surface area contributed by atoms with Crippen LogP contribution in [0.2, 0.25) is 0 Å². The number of hydrogen-bond donors (Lipinski definition) is 2. The Kier molecular flexibility index (Phi) is 5.35. The standard InChI is InChI=1S/C23H27N3O2/c1-15-7-8-20(27-2)18(13-15)19-14-25-23(26-16-9-11-24-12-10-16)22-17(19)5-4-6-21(22)28-3/h4-8,13-14,16,24H,9-12H2,1-3H3,(H,25,26). The van der Waals surface area contributed by atoms with E-state index in [4.69, 9.17) is 14.5 Å². The maximum absolute atomic E-state index is 5.70. The third-order valence-corrected chi connectivity index (χ3v) is 5.42. The van der Waals surface area contributed by atoms with Crippen LogP contribution >= 0.6 is 0 Å². The van der Waals surface area contributed by atoms with Crippen LogP contribution in [0.3, 0.4) is 0 Å². The molecule has 0 aliphatic carbocycles. The lowest BCUT2D eigenvalue weighted by atomic mass is 9.97. The number of aryl methyl sites for hydroxylation is 1. The van der Waals surface area contributed by atoms with Gasteiger partial charge in [0, 0.05) is 23.4 Å². The van der Waals surface area contributed by atoms with E-state index in [0.717, 1.165) is 65.1 Å². The van der Waals surface area contributed by atoms with Crippen LogP contribution < -0.4 is 20.1 Å². The van der Waals surface area contributed by atoms with E-state index >= 15 is 0 Å². The fourth-order valence-electron chi connectivity index (χ4n) is 3.95. The van der Waals surface area contributed by atoms with Gasteiger partial charge in [0.05, 0.1) is 19.6 Å². The summed E-state index contributed by atoms with van der Waals surface area (Å²) in [4.78, 5) is 4.82. The molecular weight excluding hydrogens is 350 g/mol. The zero-order valence-electron chi connectivity index (χ0n) is 16.7. The minimum Gasteiger partial charge on any atom is -0.496 e. The molecule has 1 fully saturated rings. The third kappa shape index (κ3) is 3.50. The Hall–Kier alpha value is -2.79. The number of rotatable bonds is 5. The monoisotopic (exact) mass is 377 g/mol. The van der Waals surface area contributed by atoms with Gasteiger partial charge in [0.1, 0.15) is 17.3 Å². The predicted molar refractivity (Wildman–Crippen MR) is 115 cm³/mol. The maximum Gasteiger partial charge on any atom is 0.137 e. The van der Waals surface area contributed by atoms with Gasteiger partial charge in [0.15, 0.2) is 0 Å². The Morgan fingerprint density at radius 1 is 1.00 bits per heavy atom. The molecule has 0 unspecified atom stereocenters. The van der Waals surface area contributed by atoms with Crippen molar-refractivity contribution in [2.24, 2.45) is 0 Å². The second-order valence-corrected chi connectivity index (χ2v) is 7.28. The molecule has 2 aromatic carbocycles. The molecule has 1 aliphatic rings. The summed E-state index contributed by atoms with van der Waals surface area (Å²) in [6, 6.07) is 12.8. The molecule has 3 aromatic rings. The lowest BCUT2D eigenvalue weighted by Gasteiger charge is -2.25. The van der Waals surface area contributed by atoms with Crippen molar-refractivity contribution in [2.75, 3.05) is 32.6 Å². The second kappa shape index (κ2) is 8.07. The highest BCUT2D eigenvalue weighted by Gasteiger charge is 2.19. The van der Waals surface area contributed by atoms with Gasteiger partial charge in [0.25, 0.3) is 0 Å². The van der Waals surface area contributed by atoms with Crippen molar-refractivity contribution in [2.45, 2.75) is 25.8 Å². The van der Waals surface area contributed by atoms with Crippen LogP contribution in [-0.4, -0.2) is 38.3 Å². The Labute approximate surface area is 166 Å². The molecule has 5 heteroatoms.